The molecule has 1 unspecified atom stereocenters. The minimum atomic E-state index is -0.952. The number of nitrogens with two attached hydrogens (primary N) is 1. The van der Waals surface area contributed by atoms with Crippen LogP contribution in [0, 0.1) is 0 Å². The van der Waals surface area contributed by atoms with E-state index in [2.05, 4.69) is 0 Å². The first-order chi connectivity index (χ1) is 7.63. The minimum Gasteiger partial charge on any atom is -0.493 e. The first-order valence-corrected chi connectivity index (χ1v) is 5.40. The molecule has 0 aromatic heterocycles. The van der Waals surface area contributed by atoms with E-state index in [9.17, 15) is 4.79 Å². The van der Waals surface area contributed by atoms with E-state index in [1.807, 2.05) is 13.0 Å². The van der Waals surface area contributed by atoms with Gasteiger partial charge in [-0.05, 0) is 37.0 Å². The summed E-state index contributed by atoms with van der Waals surface area (Å²) in [5.41, 5.74) is 8.18. The van der Waals surface area contributed by atoms with Gasteiger partial charge in [0, 0.05) is 6.04 Å². The van der Waals surface area contributed by atoms with Gasteiger partial charge in [-0.1, -0.05) is 6.07 Å². The van der Waals surface area contributed by atoms with Crippen molar-refractivity contribution in [2.45, 2.75) is 25.8 Å². The third-order valence-corrected chi connectivity index (χ3v) is 2.83. The van der Waals surface area contributed by atoms with Crippen LogP contribution in [0.5, 0.6) is 5.75 Å². The van der Waals surface area contributed by atoms with Crippen molar-refractivity contribution in [3.05, 3.63) is 28.8 Å². The zero-order valence-corrected chi connectivity index (χ0v) is 9.19. The Hall–Kier alpha value is -1.55. The molecule has 0 bridgehead atoms. The molecule has 4 nitrogen and oxygen atoms in total. The lowest BCUT2D eigenvalue weighted by atomic mass is 10.0. The highest BCUT2D eigenvalue weighted by Crippen LogP contribution is 2.33. The van der Waals surface area contributed by atoms with Crippen LogP contribution >= 0.6 is 0 Å². The van der Waals surface area contributed by atoms with Gasteiger partial charge in [0.25, 0.3) is 0 Å². The van der Waals surface area contributed by atoms with Gasteiger partial charge in [0.05, 0.1) is 6.61 Å². The number of hydrogen-bond donors (Lipinski definition) is 2. The van der Waals surface area contributed by atoms with Crippen LogP contribution in [0.15, 0.2) is 12.1 Å². The molecule has 1 aliphatic carbocycles. The third kappa shape index (κ3) is 1.76. The van der Waals surface area contributed by atoms with E-state index in [1.165, 1.54) is 0 Å². The average molecular weight is 221 g/mol. The molecule has 0 spiro atoms. The summed E-state index contributed by atoms with van der Waals surface area (Å²) in [6.07, 6.45) is 1.50. The summed E-state index contributed by atoms with van der Waals surface area (Å²) in [4.78, 5) is 11.1. The maximum Gasteiger partial charge on any atom is 0.339 e. The number of carboxylic acid groups (broad SMARTS) is 1. The summed E-state index contributed by atoms with van der Waals surface area (Å²) < 4.78 is 5.45. The maximum absolute atomic E-state index is 11.1. The number of rotatable bonds is 3. The zero-order valence-electron chi connectivity index (χ0n) is 9.19. The van der Waals surface area contributed by atoms with Crippen LogP contribution < -0.4 is 10.5 Å². The summed E-state index contributed by atoms with van der Waals surface area (Å²) in [7, 11) is 0. The van der Waals surface area contributed by atoms with Crippen molar-refractivity contribution in [1.29, 1.82) is 0 Å². The third-order valence-electron chi connectivity index (χ3n) is 2.83. The number of carbonyl (C=O) groups is 1. The summed E-state index contributed by atoms with van der Waals surface area (Å²) in [6, 6.07) is 3.52. The molecule has 2 rings (SSSR count). The van der Waals surface area contributed by atoms with Crippen LogP contribution in [0.2, 0.25) is 0 Å². The highest BCUT2D eigenvalue weighted by atomic mass is 16.5. The molecule has 1 aliphatic rings. The summed E-state index contributed by atoms with van der Waals surface area (Å²) in [6.45, 7) is 2.31. The molecule has 1 aromatic rings. The van der Waals surface area contributed by atoms with Gasteiger partial charge >= 0.3 is 5.97 Å². The number of fused-ring (bicyclic) bond motifs is 1. The van der Waals surface area contributed by atoms with E-state index in [0.29, 0.717) is 18.8 Å². The lowest BCUT2D eigenvalue weighted by molar-refractivity contribution is 0.0692. The van der Waals surface area contributed by atoms with Crippen molar-refractivity contribution in [3.8, 4) is 5.75 Å². The van der Waals surface area contributed by atoms with Crippen LogP contribution in [0.3, 0.4) is 0 Å². The highest BCUT2D eigenvalue weighted by Gasteiger charge is 2.25. The second-order valence-corrected chi connectivity index (χ2v) is 3.99. The molecule has 0 saturated carbocycles. The Morgan fingerprint density at radius 3 is 2.94 bits per heavy atom. The van der Waals surface area contributed by atoms with Crippen LogP contribution in [0.1, 0.15) is 28.4 Å². The molecule has 0 aliphatic heterocycles. The topological polar surface area (TPSA) is 72.5 Å². The van der Waals surface area contributed by atoms with Crippen molar-refractivity contribution in [2.24, 2.45) is 5.73 Å². The van der Waals surface area contributed by atoms with Gasteiger partial charge in [0.1, 0.15) is 11.3 Å². The Bertz CT molecular complexity index is 429. The average Bonchev–Trinajstić information content (AvgIpc) is 2.59. The normalized spacial score (nSPS) is 18.2. The highest BCUT2D eigenvalue weighted by molar-refractivity contribution is 5.91. The summed E-state index contributed by atoms with van der Waals surface area (Å²) in [5, 5.41) is 9.08. The van der Waals surface area contributed by atoms with E-state index in [-0.39, 0.29) is 11.6 Å². The molecular weight excluding hydrogens is 206 g/mol. The molecule has 86 valence electrons. The molecule has 1 atom stereocenters. The standard InChI is InChI=1S/C12H15NO3/c1-2-16-11-9(12(14)15)4-3-7-5-8(13)6-10(7)11/h3-4,8H,2,5-6,13H2,1H3,(H,14,15). The van der Waals surface area contributed by atoms with Gasteiger partial charge in [-0.25, -0.2) is 4.79 Å². The number of hydrogen-bond acceptors (Lipinski definition) is 3. The Morgan fingerprint density at radius 1 is 1.56 bits per heavy atom. The van der Waals surface area contributed by atoms with Crippen molar-refractivity contribution in [3.63, 3.8) is 0 Å². The molecule has 0 amide bonds. The summed E-state index contributed by atoms with van der Waals surface area (Å²) >= 11 is 0. The van der Waals surface area contributed by atoms with Gasteiger partial charge in [-0.3, -0.25) is 0 Å². The lowest BCUT2D eigenvalue weighted by Crippen LogP contribution is -2.19. The number of ether oxygens (including phenoxy) is 1. The zero-order chi connectivity index (χ0) is 11.7. The van der Waals surface area contributed by atoms with Gasteiger partial charge in [0.2, 0.25) is 0 Å². The maximum atomic E-state index is 11.1. The molecule has 16 heavy (non-hydrogen) atoms. The van der Waals surface area contributed by atoms with E-state index in [4.69, 9.17) is 15.6 Å². The molecule has 1 aromatic carbocycles. The molecule has 0 fully saturated rings. The predicted molar refractivity (Wildman–Crippen MR) is 60.0 cm³/mol. The molecule has 0 saturated heterocycles. The van der Waals surface area contributed by atoms with E-state index >= 15 is 0 Å². The SMILES string of the molecule is CCOc1c(C(=O)O)ccc2c1CC(N)C2. The molecule has 0 radical (unpaired) electrons. The van der Waals surface area contributed by atoms with Crippen molar-refractivity contribution >= 4 is 5.97 Å². The van der Waals surface area contributed by atoms with Crippen molar-refractivity contribution < 1.29 is 14.6 Å². The Balaban J connectivity index is 2.51. The van der Waals surface area contributed by atoms with Gasteiger partial charge in [0.15, 0.2) is 0 Å². The van der Waals surface area contributed by atoms with E-state index < -0.39 is 5.97 Å². The fourth-order valence-corrected chi connectivity index (χ4v) is 2.18. The molecule has 0 heterocycles. The fraction of sp³-hybridized carbons (Fsp3) is 0.417. The monoisotopic (exact) mass is 221 g/mol. The quantitative estimate of drug-likeness (QED) is 0.804. The van der Waals surface area contributed by atoms with Crippen LogP contribution in [0.4, 0.5) is 0 Å². The molecule has 3 N–H and O–H groups in total. The van der Waals surface area contributed by atoms with Crippen LogP contribution in [-0.2, 0) is 12.8 Å². The van der Waals surface area contributed by atoms with Gasteiger partial charge < -0.3 is 15.6 Å². The van der Waals surface area contributed by atoms with E-state index in [1.54, 1.807) is 6.07 Å². The smallest absolute Gasteiger partial charge is 0.339 e. The Labute approximate surface area is 94.0 Å². The number of benzene rings is 1. The first kappa shape index (κ1) is 11.0. The summed E-state index contributed by atoms with van der Waals surface area (Å²) in [5.74, 6) is -0.452. The van der Waals surface area contributed by atoms with E-state index in [0.717, 1.165) is 17.5 Å². The number of carboxylic acids is 1. The second kappa shape index (κ2) is 4.14. The van der Waals surface area contributed by atoms with Gasteiger partial charge in [-0.2, -0.15) is 0 Å². The lowest BCUT2D eigenvalue weighted by Gasteiger charge is -2.12. The van der Waals surface area contributed by atoms with Crippen LogP contribution in [0.25, 0.3) is 0 Å². The largest absolute Gasteiger partial charge is 0.493 e. The molecular formula is C12H15NO3. The number of aromatic carboxylic acids is 1. The van der Waals surface area contributed by atoms with Gasteiger partial charge in [-0.15, -0.1) is 0 Å². The molecule has 4 heteroatoms. The minimum absolute atomic E-state index is 0.0817. The van der Waals surface area contributed by atoms with Crippen LogP contribution in [-0.4, -0.2) is 23.7 Å². The Morgan fingerprint density at radius 2 is 2.31 bits per heavy atom. The van der Waals surface area contributed by atoms with Crippen molar-refractivity contribution in [1.82, 2.24) is 0 Å². The first-order valence-electron chi connectivity index (χ1n) is 5.40. The Kier molecular flexibility index (Phi) is 2.83. The fourth-order valence-electron chi connectivity index (χ4n) is 2.18. The predicted octanol–water partition coefficient (Wildman–Crippen LogP) is 1.21. The second-order valence-electron chi connectivity index (χ2n) is 3.99. The van der Waals surface area contributed by atoms with Crippen molar-refractivity contribution in [2.75, 3.05) is 6.61 Å².